The third kappa shape index (κ3) is 5.25. The molecule has 31 heavy (non-hydrogen) atoms. The van der Waals surface area contributed by atoms with Gasteiger partial charge >= 0.3 is 5.97 Å². The van der Waals surface area contributed by atoms with E-state index in [2.05, 4.69) is 10.4 Å². The first-order valence-electron chi connectivity index (χ1n) is 10.1. The van der Waals surface area contributed by atoms with Gasteiger partial charge in [-0.15, -0.1) is 0 Å². The third-order valence-electron chi connectivity index (χ3n) is 4.91. The van der Waals surface area contributed by atoms with Crippen LogP contribution in [0.5, 0.6) is 0 Å². The predicted molar refractivity (Wildman–Crippen MR) is 116 cm³/mol. The number of aryl methyl sites for hydroxylation is 1. The van der Waals surface area contributed by atoms with Crippen molar-refractivity contribution < 1.29 is 19.1 Å². The summed E-state index contributed by atoms with van der Waals surface area (Å²) in [5.74, 6) is -2.35. The second-order valence-electron chi connectivity index (χ2n) is 7.20. The maximum atomic E-state index is 12.7. The van der Waals surface area contributed by atoms with E-state index in [4.69, 9.17) is 4.74 Å². The molecule has 0 saturated carbocycles. The number of ether oxygens (including phenoxy) is 1. The Balaban J connectivity index is 1.60. The summed E-state index contributed by atoms with van der Waals surface area (Å²) < 4.78 is 6.73. The number of hydrogen-bond donors (Lipinski definition) is 1. The van der Waals surface area contributed by atoms with Gasteiger partial charge in [0.2, 0.25) is 0 Å². The molecule has 0 fully saturated rings. The van der Waals surface area contributed by atoms with Gasteiger partial charge in [-0.3, -0.25) is 9.59 Å². The van der Waals surface area contributed by atoms with Crippen LogP contribution in [0.3, 0.4) is 0 Å². The van der Waals surface area contributed by atoms with Crippen molar-refractivity contribution in [2.45, 2.75) is 33.3 Å². The van der Waals surface area contributed by atoms with E-state index in [-0.39, 0.29) is 5.56 Å². The Morgan fingerprint density at radius 1 is 1.00 bits per heavy atom. The van der Waals surface area contributed by atoms with Crippen LogP contribution in [0, 0.1) is 13.8 Å². The molecule has 7 heteroatoms. The molecule has 1 atom stereocenters. The van der Waals surface area contributed by atoms with Crippen molar-refractivity contribution in [3.63, 3.8) is 0 Å². The van der Waals surface area contributed by atoms with Crippen molar-refractivity contribution in [3.05, 3.63) is 83.2 Å². The Bertz CT molecular complexity index is 1070. The maximum Gasteiger partial charge on any atom is 0.380 e. The number of esters is 1. The van der Waals surface area contributed by atoms with Crippen LogP contribution in [-0.4, -0.2) is 40.1 Å². The summed E-state index contributed by atoms with van der Waals surface area (Å²) in [6.45, 7) is 5.22. The van der Waals surface area contributed by atoms with Crippen molar-refractivity contribution in [1.29, 1.82) is 0 Å². The SMILES string of the molecule is Cc1nn(-c2ccccc2)c(C)c1C(=O)C(=O)OC(C)C(=O)NCCc1ccccc1. The summed E-state index contributed by atoms with van der Waals surface area (Å²) >= 11 is 0. The van der Waals surface area contributed by atoms with E-state index in [0.29, 0.717) is 24.4 Å². The van der Waals surface area contributed by atoms with Crippen LogP contribution >= 0.6 is 0 Å². The Morgan fingerprint density at radius 2 is 1.61 bits per heavy atom. The largest absolute Gasteiger partial charge is 0.447 e. The zero-order chi connectivity index (χ0) is 22.4. The molecule has 1 aromatic heterocycles. The summed E-state index contributed by atoms with van der Waals surface area (Å²) in [5.41, 5.74) is 3.00. The normalized spacial score (nSPS) is 11.6. The average molecular weight is 419 g/mol. The zero-order valence-electron chi connectivity index (χ0n) is 17.8. The molecule has 0 saturated heterocycles. The molecule has 1 unspecified atom stereocenters. The van der Waals surface area contributed by atoms with Crippen LogP contribution in [0.4, 0.5) is 0 Å². The van der Waals surface area contributed by atoms with Gasteiger partial charge in [0.25, 0.3) is 11.7 Å². The number of aromatic nitrogens is 2. The first kappa shape index (κ1) is 22.0. The molecule has 1 amide bonds. The van der Waals surface area contributed by atoms with Crippen LogP contribution in [-0.2, 0) is 20.7 Å². The van der Waals surface area contributed by atoms with E-state index in [0.717, 1.165) is 11.3 Å². The Morgan fingerprint density at radius 3 is 2.26 bits per heavy atom. The van der Waals surface area contributed by atoms with Crippen molar-refractivity contribution in [2.75, 3.05) is 6.54 Å². The average Bonchev–Trinajstić information content (AvgIpc) is 3.08. The van der Waals surface area contributed by atoms with Crippen LogP contribution in [0.2, 0.25) is 0 Å². The quantitative estimate of drug-likeness (QED) is 0.344. The molecule has 160 valence electrons. The van der Waals surface area contributed by atoms with Gasteiger partial charge < -0.3 is 10.1 Å². The molecule has 1 heterocycles. The molecule has 0 radical (unpaired) electrons. The number of amides is 1. The number of carbonyl (C=O) groups excluding carboxylic acids is 3. The summed E-state index contributed by atoms with van der Waals surface area (Å²) in [7, 11) is 0. The lowest BCUT2D eigenvalue weighted by Crippen LogP contribution is -2.38. The number of para-hydroxylation sites is 1. The van der Waals surface area contributed by atoms with E-state index < -0.39 is 23.8 Å². The lowest BCUT2D eigenvalue weighted by atomic mass is 10.1. The van der Waals surface area contributed by atoms with Gasteiger partial charge in [0.05, 0.1) is 22.6 Å². The van der Waals surface area contributed by atoms with E-state index in [1.807, 2.05) is 60.7 Å². The molecule has 3 rings (SSSR count). The van der Waals surface area contributed by atoms with Gasteiger partial charge in [-0.25, -0.2) is 9.48 Å². The zero-order valence-corrected chi connectivity index (χ0v) is 17.8. The molecule has 3 aromatic rings. The third-order valence-corrected chi connectivity index (χ3v) is 4.91. The number of nitrogens with one attached hydrogen (secondary N) is 1. The van der Waals surface area contributed by atoms with E-state index >= 15 is 0 Å². The molecule has 1 N–H and O–H groups in total. The van der Waals surface area contributed by atoms with Crippen molar-refractivity contribution >= 4 is 17.7 Å². The van der Waals surface area contributed by atoms with E-state index in [1.54, 1.807) is 18.5 Å². The lowest BCUT2D eigenvalue weighted by Gasteiger charge is -2.13. The van der Waals surface area contributed by atoms with Gasteiger partial charge in [0.1, 0.15) is 0 Å². The Hall–Kier alpha value is -3.74. The summed E-state index contributed by atoms with van der Waals surface area (Å²) in [6.07, 6.45) is -0.430. The first-order chi connectivity index (χ1) is 14.9. The number of rotatable bonds is 8. The highest BCUT2D eigenvalue weighted by molar-refractivity contribution is 6.41. The number of carbonyl (C=O) groups is 3. The fourth-order valence-electron chi connectivity index (χ4n) is 3.28. The van der Waals surface area contributed by atoms with Crippen molar-refractivity contribution in [3.8, 4) is 5.69 Å². The molecule has 2 aromatic carbocycles. The van der Waals surface area contributed by atoms with Gasteiger partial charge in [0, 0.05) is 6.54 Å². The highest BCUT2D eigenvalue weighted by Crippen LogP contribution is 2.19. The number of ketones is 1. The molecule has 0 bridgehead atoms. The molecular formula is C24H25N3O4. The fraction of sp³-hybridized carbons (Fsp3) is 0.250. The molecule has 7 nitrogen and oxygen atoms in total. The maximum absolute atomic E-state index is 12.7. The topological polar surface area (TPSA) is 90.3 Å². The van der Waals surface area contributed by atoms with Crippen molar-refractivity contribution in [2.24, 2.45) is 0 Å². The van der Waals surface area contributed by atoms with Gasteiger partial charge in [-0.1, -0.05) is 48.5 Å². The summed E-state index contributed by atoms with van der Waals surface area (Å²) in [4.78, 5) is 37.4. The van der Waals surface area contributed by atoms with Crippen LogP contribution < -0.4 is 5.32 Å². The standard InChI is InChI=1S/C24H25N3O4/c1-16-21(17(2)27(26-16)20-12-8-5-9-13-20)22(28)24(30)31-18(3)23(29)25-15-14-19-10-6-4-7-11-19/h4-13,18H,14-15H2,1-3H3,(H,25,29). The van der Waals surface area contributed by atoms with Gasteiger partial charge in [-0.05, 0) is 44.9 Å². The number of Topliss-reactive ketones (excluding diaryl/α,β-unsaturated/α-hetero) is 1. The molecule has 0 spiro atoms. The number of nitrogens with zero attached hydrogens (tertiary/aromatic N) is 2. The highest BCUT2D eigenvalue weighted by atomic mass is 16.6. The number of benzene rings is 2. The second kappa shape index (κ2) is 9.84. The van der Waals surface area contributed by atoms with Crippen LogP contribution in [0.25, 0.3) is 5.69 Å². The van der Waals surface area contributed by atoms with Gasteiger partial charge in [0.15, 0.2) is 6.10 Å². The minimum Gasteiger partial charge on any atom is -0.447 e. The van der Waals surface area contributed by atoms with Crippen LogP contribution in [0.1, 0.15) is 34.2 Å². The van der Waals surface area contributed by atoms with Crippen LogP contribution in [0.15, 0.2) is 60.7 Å². The molecule has 0 aliphatic heterocycles. The second-order valence-corrected chi connectivity index (χ2v) is 7.20. The lowest BCUT2D eigenvalue weighted by molar-refractivity contribution is -0.150. The van der Waals surface area contributed by atoms with E-state index in [1.165, 1.54) is 6.92 Å². The summed E-state index contributed by atoms with van der Waals surface area (Å²) in [6, 6.07) is 19.0. The molecule has 0 aliphatic carbocycles. The number of hydrogen-bond acceptors (Lipinski definition) is 5. The summed E-state index contributed by atoms with van der Waals surface area (Å²) in [5, 5.41) is 7.10. The van der Waals surface area contributed by atoms with E-state index in [9.17, 15) is 14.4 Å². The Labute approximate surface area is 181 Å². The minimum atomic E-state index is -1.09. The molecular weight excluding hydrogens is 394 g/mol. The highest BCUT2D eigenvalue weighted by Gasteiger charge is 2.29. The minimum absolute atomic E-state index is 0.186. The first-order valence-corrected chi connectivity index (χ1v) is 10.1. The Kier molecular flexibility index (Phi) is 6.97. The molecule has 0 aliphatic rings. The fourth-order valence-corrected chi connectivity index (χ4v) is 3.28. The van der Waals surface area contributed by atoms with Gasteiger partial charge in [-0.2, -0.15) is 5.10 Å². The predicted octanol–water partition coefficient (Wildman–Crippen LogP) is 2.96. The monoisotopic (exact) mass is 419 g/mol. The smallest absolute Gasteiger partial charge is 0.380 e. The van der Waals surface area contributed by atoms with Crippen molar-refractivity contribution in [1.82, 2.24) is 15.1 Å².